The van der Waals surface area contributed by atoms with E-state index in [0.717, 1.165) is 37.6 Å². The summed E-state index contributed by atoms with van der Waals surface area (Å²) < 4.78 is 0. The van der Waals surface area contributed by atoms with Crippen molar-refractivity contribution in [3.05, 3.63) is 59.8 Å². The first-order chi connectivity index (χ1) is 12.1. The lowest BCUT2D eigenvalue weighted by Gasteiger charge is -2.17. The van der Waals surface area contributed by atoms with Crippen LogP contribution in [0.5, 0.6) is 0 Å². The lowest BCUT2D eigenvalue weighted by Crippen LogP contribution is -2.24. The fourth-order valence-corrected chi connectivity index (χ4v) is 3.26. The number of carbonyl (C=O) groups excluding carboxylic acids is 1. The van der Waals surface area contributed by atoms with Gasteiger partial charge in [-0.3, -0.25) is 9.69 Å². The molecular formula is C20H26N4O. The van der Waals surface area contributed by atoms with E-state index in [1.807, 2.05) is 42.6 Å². The number of carbonyl (C=O) groups is 1. The van der Waals surface area contributed by atoms with Crippen molar-refractivity contribution in [1.29, 1.82) is 0 Å². The number of nitrogens with zero attached hydrogens (tertiary/aromatic N) is 3. The molecule has 2 aromatic rings. The predicted molar refractivity (Wildman–Crippen MR) is 101 cm³/mol. The van der Waals surface area contributed by atoms with E-state index in [4.69, 9.17) is 0 Å². The molecule has 0 unspecified atom stereocenters. The highest BCUT2D eigenvalue weighted by Crippen LogP contribution is 2.20. The van der Waals surface area contributed by atoms with Crippen LogP contribution >= 0.6 is 0 Å². The minimum absolute atomic E-state index is 0.0562. The van der Waals surface area contributed by atoms with Gasteiger partial charge in [0.2, 0.25) is 0 Å². The molecule has 1 atom stereocenters. The summed E-state index contributed by atoms with van der Waals surface area (Å²) in [6, 6.07) is 13.9. The summed E-state index contributed by atoms with van der Waals surface area (Å²) in [6.45, 7) is 4.02. The maximum Gasteiger partial charge on any atom is 0.253 e. The van der Waals surface area contributed by atoms with E-state index in [0.29, 0.717) is 5.92 Å². The molecule has 1 fully saturated rings. The summed E-state index contributed by atoms with van der Waals surface area (Å²) in [5.74, 6) is 1.63. The molecular weight excluding hydrogens is 312 g/mol. The minimum Gasteiger partial charge on any atom is -0.370 e. The van der Waals surface area contributed by atoms with Crippen LogP contribution in [-0.4, -0.2) is 54.4 Å². The van der Waals surface area contributed by atoms with Crippen molar-refractivity contribution in [2.75, 3.05) is 39.0 Å². The normalized spacial score (nSPS) is 17.4. The van der Waals surface area contributed by atoms with Crippen LogP contribution in [0.25, 0.3) is 0 Å². The van der Waals surface area contributed by atoms with Crippen molar-refractivity contribution in [2.45, 2.75) is 13.0 Å². The van der Waals surface area contributed by atoms with E-state index in [1.54, 1.807) is 19.0 Å². The molecule has 25 heavy (non-hydrogen) atoms. The topological polar surface area (TPSA) is 48.5 Å². The lowest BCUT2D eigenvalue weighted by molar-refractivity contribution is 0.0827. The third-order valence-corrected chi connectivity index (χ3v) is 4.59. The quantitative estimate of drug-likeness (QED) is 0.880. The number of amides is 1. The molecule has 3 rings (SSSR count). The van der Waals surface area contributed by atoms with Gasteiger partial charge in [0.1, 0.15) is 5.82 Å². The molecule has 1 aliphatic rings. The SMILES string of the molecule is CN(C)C(=O)c1cccc(CN2CC[C@@H](CNc3ccccn3)C2)c1. The van der Waals surface area contributed by atoms with Crippen LogP contribution < -0.4 is 5.32 Å². The van der Waals surface area contributed by atoms with Gasteiger partial charge < -0.3 is 10.2 Å². The number of pyridine rings is 1. The van der Waals surface area contributed by atoms with Gasteiger partial charge in [0.05, 0.1) is 0 Å². The van der Waals surface area contributed by atoms with Gasteiger partial charge in [-0.15, -0.1) is 0 Å². The Morgan fingerprint density at radius 2 is 2.16 bits per heavy atom. The molecule has 1 aliphatic heterocycles. The van der Waals surface area contributed by atoms with E-state index >= 15 is 0 Å². The zero-order chi connectivity index (χ0) is 17.6. The third-order valence-electron chi connectivity index (χ3n) is 4.59. The average Bonchev–Trinajstić information content (AvgIpc) is 3.07. The van der Waals surface area contributed by atoms with Crippen LogP contribution in [0.15, 0.2) is 48.7 Å². The Morgan fingerprint density at radius 1 is 1.28 bits per heavy atom. The highest BCUT2D eigenvalue weighted by atomic mass is 16.2. The first-order valence-corrected chi connectivity index (χ1v) is 8.79. The second kappa shape index (κ2) is 8.12. The molecule has 0 aliphatic carbocycles. The number of benzene rings is 1. The van der Waals surface area contributed by atoms with E-state index < -0.39 is 0 Å². The highest BCUT2D eigenvalue weighted by molar-refractivity contribution is 5.94. The number of anilines is 1. The molecule has 0 saturated carbocycles. The van der Waals surface area contributed by atoms with Crippen LogP contribution in [0.4, 0.5) is 5.82 Å². The van der Waals surface area contributed by atoms with Crippen molar-refractivity contribution in [1.82, 2.24) is 14.8 Å². The number of nitrogens with one attached hydrogen (secondary N) is 1. The summed E-state index contributed by atoms with van der Waals surface area (Å²) in [5, 5.41) is 3.42. The summed E-state index contributed by atoms with van der Waals surface area (Å²) in [5.41, 5.74) is 1.96. The van der Waals surface area contributed by atoms with Crippen molar-refractivity contribution >= 4 is 11.7 Å². The largest absolute Gasteiger partial charge is 0.370 e. The Labute approximate surface area is 149 Å². The molecule has 0 radical (unpaired) electrons. The van der Waals surface area contributed by atoms with Crippen LogP contribution in [0.2, 0.25) is 0 Å². The van der Waals surface area contributed by atoms with Gasteiger partial charge in [-0.25, -0.2) is 4.98 Å². The maximum atomic E-state index is 12.1. The predicted octanol–water partition coefficient (Wildman–Crippen LogP) is 2.72. The zero-order valence-corrected chi connectivity index (χ0v) is 15.0. The third kappa shape index (κ3) is 4.79. The molecule has 132 valence electrons. The number of hydrogen-bond acceptors (Lipinski definition) is 4. The van der Waals surface area contributed by atoms with Crippen molar-refractivity contribution < 1.29 is 4.79 Å². The van der Waals surface area contributed by atoms with Gasteiger partial charge in [0.25, 0.3) is 5.91 Å². The van der Waals surface area contributed by atoms with Gasteiger partial charge in [-0.1, -0.05) is 18.2 Å². The first kappa shape index (κ1) is 17.4. The molecule has 1 aromatic carbocycles. The Kier molecular flexibility index (Phi) is 5.66. The Morgan fingerprint density at radius 3 is 2.92 bits per heavy atom. The van der Waals surface area contributed by atoms with Crippen LogP contribution in [0.3, 0.4) is 0 Å². The summed E-state index contributed by atoms with van der Waals surface area (Å²) in [7, 11) is 3.57. The molecule has 5 nitrogen and oxygen atoms in total. The second-order valence-corrected chi connectivity index (χ2v) is 6.89. The Hall–Kier alpha value is -2.40. The Balaban J connectivity index is 1.51. The maximum absolute atomic E-state index is 12.1. The lowest BCUT2D eigenvalue weighted by atomic mass is 10.1. The fraction of sp³-hybridized carbons (Fsp3) is 0.400. The summed E-state index contributed by atoms with van der Waals surface area (Å²) in [4.78, 5) is 20.5. The van der Waals surface area contributed by atoms with Gasteiger partial charge >= 0.3 is 0 Å². The van der Waals surface area contributed by atoms with Crippen LogP contribution in [-0.2, 0) is 6.54 Å². The monoisotopic (exact) mass is 338 g/mol. The van der Waals surface area contributed by atoms with Crippen molar-refractivity contribution in [3.63, 3.8) is 0 Å². The van der Waals surface area contributed by atoms with E-state index in [1.165, 1.54) is 12.0 Å². The smallest absolute Gasteiger partial charge is 0.253 e. The van der Waals surface area contributed by atoms with Crippen molar-refractivity contribution in [2.24, 2.45) is 5.92 Å². The van der Waals surface area contributed by atoms with Crippen LogP contribution in [0, 0.1) is 5.92 Å². The van der Waals surface area contributed by atoms with Crippen LogP contribution in [0.1, 0.15) is 22.3 Å². The number of likely N-dealkylation sites (tertiary alicyclic amines) is 1. The molecule has 0 bridgehead atoms. The number of rotatable bonds is 6. The molecule has 1 saturated heterocycles. The number of aromatic nitrogens is 1. The number of hydrogen-bond donors (Lipinski definition) is 1. The first-order valence-electron chi connectivity index (χ1n) is 8.79. The highest BCUT2D eigenvalue weighted by Gasteiger charge is 2.22. The fourth-order valence-electron chi connectivity index (χ4n) is 3.26. The summed E-state index contributed by atoms with van der Waals surface area (Å²) in [6.07, 6.45) is 3.00. The van der Waals surface area contributed by atoms with E-state index in [9.17, 15) is 4.79 Å². The molecule has 1 aromatic heterocycles. The minimum atomic E-state index is 0.0562. The standard InChI is InChI=1S/C20H26N4O/c1-23(2)20(25)18-7-5-6-16(12-18)14-24-11-9-17(15-24)13-22-19-8-3-4-10-21-19/h3-8,10,12,17H,9,11,13-15H2,1-2H3,(H,21,22)/t17-/m0/s1. The van der Waals surface area contributed by atoms with Gasteiger partial charge in [0.15, 0.2) is 0 Å². The van der Waals surface area contributed by atoms with Gasteiger partial charge in [0, 0.05) is 45.5 Å². The second-order valence-electron chi connectivity index (χ2n) is 6.89. The summed E-state index contributed by atoms with van der Waals surface area (Å²) >= 11 is 0. The average molecular weight is 338 g/mol. The molecule has 1 N–H and O–H groups in total. The van der Waals surface area contributed by atoms with Gasteiger partial charge in [-0.2, -0.15) is 0 Å². The molecule has 1 amide bonds. The van der Waals surface area contributed by atoms with E-state index in [-0.39, 0.29) is 5.91 Å². The molecule has 2 heterocycles. The van der Waals surface area contributed by atoms with Gasteiger partial charge in [-0.05, 0) is 48.7 Å². The molecule has 5 heteroatoms. The molecule has 0 spiro atoms. The van der Waals surface area contributed by atoms with Crippen molar-refractivity contribution in [3.8, 4) is 0 Å². The Bertz CT molecular complexity index is 702. The van der Waals surface area contributed by atoms with E-state index in [2.05, 4.69) is 21.3 Å². The zero-order valence-electron chi connectivity index (χ0n) is 15.0.